The SMILES string of the molecule is CCNC(=O)/C=C/C=C\c1ccc2c(c1)OCO2. The Bertz CT molecular complexity index is 492. The molecule has 1 aliphatic heterocycles. The summed E-state index contributed by atoms with van der Waals surface area (Å²) in [6.45, 7) is 2.79. The van der Waals surface area contributed by atoms with Crippen molar-refractivity contribution >= 4 is 12.0 Å². The second-order valence-electron chi connectivity index (χ2n) is 3.73. The average Bonchev–Trinajstić information content (AvgIpc) is 2.82. The van der Waals surface area contributed by atoms with Crippen LogP contribution < -0.4 is 14.8 Å². The number of fused-ring (bicyclic) bond motifs is 1. The quantitative estimate of drug-likeness (QED) is 0.653. The third kappa shape index (κ3) is 3.13. The summed E-state index contributed by atoms with van der Waals surface area (Å²) >= 11 is 0. The van der Waals surface area contributed by atoms with Gasteiger partial charge in [-0.25, -0.2) is 0 Å². The van der Waals surface area contributed by atoms with Gasteiger partial charge in [0, 0.05) is 12.6 Å². The molecule has 2 rings (SSSR count). The second kappa shape index (κ2) is 5.91. The van der Waals surface area contributed by atoms with Crippen LogP contribution in [0, 0.1) is 0 Å². The molecule has 1 heterocycles. The number of likely N-dealkylation sites (N-methyl/N-ethyl adjacent to an activating group) is 1. The number of hydrogen-bond acceptors (Lipinski definition) is 3. The lowest BCUT2D eigenvalue weighted by Gasteiger charge is -1.96. The Morgan fingerprint density at radius 1 is 1.33 bits per heavy atom. The van der Waals surface area contributed by atoms with Crippen LogP contribution in [0.15, 0.2) is 36.4 Å². The fraction of sp³-hybridized carbons (Fsp3) is 0.214. The lowest BCUT2D eigenvalue weighted by Crippen LogP contribution is -2.19. The van der Waals surface area contributed by atoms with Crippen molar-refractivity contribution in [2.75, 3.05) is 13.3 Å². The smallest absolute Gasteiger partial charge is 0.243 e. The number of carbonyl (C=O) groups is 1. The summed E-state index contributed by atoms with van der Waals surface area (Å²) in [6, 6.07) is 5.71. The molecule has 1 aromatic rings. The number of ether oxygens (including phenoxy) is 2. The molecule has 4 heteroatoms. The van der Waals surface area contributed by atoms with E-state index in [2.05, 4.69) is 5.32 Å². The summed E-state index contributed by atoms with van der Waals surface area (Å²) < 4.78 is 10.5. The molecule has 0 atom stereocenters. The van der Waals surface area contributed by atoms with Crippen LogP contribution in [0.25, 0.3) is 6.08 Å². The van der Waals surface area contributed by atoms with Gasteiger partial charge in [-0.15, -0.1) is 0 Å². The molecular weight excluding hydrogens is 230 g/mol. The van der Waals surface area contributed by atoms with Gasteiger partial charge in [0.25, 0.3) is 0 Å². The highest BCUT2D eigenvalue weighted by Gasteiger charge is 2.11. The second-order valence-corrected chi connectivity index (χ2v) is 3.73. The van der Waals surface area contributed by atoms with Crippen LogP contribution in [-0.4, -0.2) is 19.2 Å². The van der Waals surface area contributed by atoms with Crippen LogP contribution in [0.5, 0.6) is 11.5 Å². The monoisotopic (exact) mass is 245 g/mol. The average molecular weight is 245 g/mol. The van der Waals surface area contributed by atoms with Gasteiger partial charge in [-0.3, -0.25) is 4.79 Å². The van der Waals surface area contributed by atoms with Crippen LogP contribution >= 0.6 is 0 Å². The standard InChI is InChI=1S/C14H15NO3/c1-2-15-14(16)6-4-3-5-11-7-8-12-13(9-11)18-10-17-12/h3-9H,2,10H2,1H3,(H,15,16)/b5-3-,6-4+. The maximum absolute atomic E-state index is 11.1. The molecule has 1 aliphatic rings. The van der Waals surface area contributed by atoms with Gasteiger partial charge in [0.15, 0.2) is 11.5 Å². The van der Waals surface area contributed by atoms with E-state index in [4.69, 9.17) is 9.47 Å². The van der Waals surface area contributed by atoms with Gasteiger partial charge in [0.05, 0.1) is 0 Å². The lowest BCUT2D eigenvalue weighted by molar-refractivity contribution is -0.116. The first-order valence-electron chi connectivity index (χ1n) is 5.82. The summed E-state index contributed by atoms with van der Waals surface area (Å²) in [6.07, 6.45) is 6.91. The van der Waals surface area contributed by atoms with E-state index < -0.39 is 0 Å². The molecule has 1 aromatic carbocycles. The van der Waals surface area contributed by atoms with Gasteiger partial charge in [-0.05, 0) is 24.6 Å². The number of nitrogens with one attached hydrogen (secondary N) is 1. The van der Waals surface area contributed by atoms with E-state index >= 15 is 0 Å². The van der Waals surface area contributed by atoms with E-state index in [1.54, 1.807) is 6.08 Å². The van der Waals surface area contributed by atoms with E-state index in [1.807, 2.05) is 37.3 Å². The van der Waals surface area contributed by atoms with E-state index in [0.29, 0.717) is 6.54 Å². The van der Waals surface area contributed by atoms with Gasteiger partial charge in [-0.1, -0.05) is 24.3 Å². The molecule has 0 aromatic heterocycles. The fourth-order valence-electron chi connectivity index (χ4n) is 1.56. The van der Waals surface area contributed by atoms with Crippen LogP contribution in [0.1, 0.15) is 12.5 Å². The summed E-state index contributed by atoms with van der Waals surface area (Å²) in [5.74, 6) is 1.43. The van der Waals surface area contributed by atoms with Crippen molar-refractivity contribution in [3.8, 4) is 11.5 Å². The normalized spacial score (nSPS) is 13.4. The number of hydrogen-bond donors (Lipinski definition) is 1. The van der Waals surface area contributed by atoms with Crippen molar-refractivity contribution in [2.45, 2.75) is 6.92 Å². The molecule has 0 spiro atoms. The van der Waals surface area contributed by atoms with E-state index in [9.17, 15) is 4.79 Å². The Morgan fingerprint density at radius 3 is 3.00 bits per heavy atom. The minimum absolute atomic E-state index is 0.0900. The zero-order chi connectivity index (χ0) is 12.8. The molecule has 0 saturated carbocycles. The zero-order valence-corrected chi connectivity index (χ0v) is 10.2. The summed E-state index contributed by atoms with van der Waals surface area (Å²) in [5, 5.41) is 2.68. The van der Waals surface area contributed by atoms with Crippen molar-refractivity contribution < 1.29 is 14.3 Å². The highest BCUT2D eigenvalue weighted by Crippen LogP contribution is 2.32. The molecule has 94 valence electrons. The Kier molecular flexibility index (Phi) is 4.02. The van der Waals surface area contributed by atoms with Crippen LogP contribution in [0.4, 0.5) is 0 Å². The number of rotatable bonds is 4. The zero-order valence-electron chi connectivity index (χ0n) is 10.2. The van der Waals surface area contributed by atoms with Crippen molar-refractivity contribution in [3.63, 3.8) is 0 Å². The van der Waals surface area contributed by atoms with Crippen molar-refractivity contribution in [3.05, 3.63) is 42.0 Å². The number of benzene rings is 1. The minimum atomic E-state index is -0.0900. The summed E-state index contributed by atoms with van der Waals surface area (Å²) in [4.78, 5) is 11.1. The van der Waals surface area contributed by atoms with Gasteiger partial charge >= 0.3 is 0 Å². The Morgan fingerprint density at radius 2 is 2.17 bits per heavy atom. The maximum atomic E-state index is 11.1. The molecule has 0 aliphatic carbocycles. The summed E-state index contributed by atoms with van der Waals surface area (Å²) in [7, 11) is 0. The third-order valence-corrected chi connectivity index (χ3v) is 2.40. The Balaban J connectivity index is 1.95. The molecule has 1 amide bonds. The molecule has 0 radical (unpaired) electrons. The van der Waals surface area contributed by atoms with Crippen molar-refractivity contribution in [1.29, 1.82) is 0 Å². The first-order valence-corrected chi connectivity index (χ1v) is 5.82. The van der Waals surface area contributed by atoms with E-state index in [1.165, 1.54) is 6.08 Å². The molecule has 0 bridgehead atoms. The van der Waals surface area contributed by atoms with Gasteiger partial charge in [0.1, 0.15) is 0 Å². The third-order valence-electron chi connectivity index (χ3n) is 2.40. The fourth-order valence-corrected chi connectivity index (χ4v) is 1.56. The number of amides is 1. The van der Waals surface area contributed by atoms with Crippen LogP contribution in [-0.2, 0) is 4.79 Å². The Hall–Kier alpha value is -2.23. The molecule has 1 N–H and O–H groups in total. The molecule has 0 fully saturated rings. The highest BCUT2D eigenvalue weighted by molar-refractivity contribution is 5.87. The van der Waals surface area contributed by atoms with Gasteiger partial charge < -0.3 is 14.8 Å². The van der Waals surface area contributed by atoms with Crippen LogP contribution in [0.2, 0.25) is 0 Å². The molecule has 4 nitrogen and oxygen atoms in total. The highest BCUT2D eigenvalue weighted by atomic mass is 16.7. The van der Waals surface area contributed by atoms with Crippen molar-refractivity contribution in [2.24, 2.45) is 0 Å². The van der Waals surface area contributed by atoms with Crippen LogP contribution in [0.3, 0.4) is 0 Å². The van der Waals surface area contributed by atoms with Crippen molar-refractivity contribution in [1.82, 2.24) is 5.32 Å². The number of allylic oxidation sites excluding steroid dienone is 2. The lowest BCUT2D eigenvalue weighted by atomic mass is 10.2. The molecule has 0 unspecified atom stereocenters. The minimum Gasteiger partial charge on any atom is -0.454 e. The first-order chi connectivity index (χ1) is 8.79. The molecule has 18 heavy (non-hydrogen) atoms. The summed E-state index contributed by atoms with van der Waals surface area (Å²) in [5.41, 5.74) is 1.000. The van der Waals surface area contributed by atoms with Gasteiger partial charge in [0.2, 0.25) is 12.7 Å². The molecule has 0 saturated heterocycles. The molecular formula is C14H15NO3. The largest absolute Gasteiger partial charge is 0.454 e. The first kappa shape index (κ1) is 12.2. The number of carbonyl (C=O) groups excluding carboxylic acids is 1. The van der Waals surface area contributed by atoms with Gasteiger partial charge in [-0.2, -0.15) is 0 Å². The Labute approximate surface area is 106 Å². The topological polar surface area (TPSA) is 47.6 Å². The predicted octanol–water partition coefficient (Wildman–Crippen LogP) is 2.12. The van der Waals surface area contributed by atoms with E-state index in [-0.39, 0.29) is 12.7 Å². The maximum Gasteiger partial charge on any atom is 0.243 e. The van der Waals surface area contributed by atoms with E-state index in [0.717, 1.165) is 17.1 Å². The predicted molar refractivity (Wildman–Crippen MR) is 69.4 cm³/mol.